The van der Waals surface area contributed by atoms with Crippen LogP contribution in [0.2, 0.25) is 10.3 Å². The number of hydrogen-bond donors (Lipinski definition) is 1. The lowest BCUT2D eigenvalue weighted by Crippen LogP contribution is -2.16. The Hall–Kier alpha value is -1.20. The van der Waals surface area contributed by atoms with E-state index in [-0.39, 0.29) is 15.9 Å². The third-order valence-electron chi connectivity index (χ3n) is 1.42. The smallest absolute Gasteiger partial charge is 0.372 e. The largest absolute Gasteiger partial charge is 0.475 e. The van der Waals surface area contributed by atoms with Crippen LogP contribution in [0.3, 0.4) is 0 Å². The van der Waals surface area contributed by atoms with E-state index in [9.17, 15) is 9.59 Å². The zero-order chi connectivity index (χ0) is 10.7. The number of ketones is 1. The van der Waals surface area contributed by atoms with Crippen molar-refractivity contribution in [1.29, 1.82) is 0 Å². The molecule has 1 aromatic heterocycles. The molecule has 74 valence electrons. The Bertz CT molecular complexity index is 374. The molecule has 0 amide bonds. The summed E-state index contributed by atoms with van der Waals surface area (Å²) in [6.07, 6.45) is 0.716. The lowest BCUT2D eigenvalue weighted by molar-refractivity contribution is -0.148. The molecule has 1 rings (SSSR count). The summed E-state index contributed by atoms with van der Waals surface area (Å²) in [5.41, 5.74) is 0.128. The number of halogens is 2. The molecule has 5 nitrogen and oxygen atoms in total. The van der Waals surface area contributed by atoms with E-state index in [0.29, 0.717) is 0 Å². The highest BCUT2D eigenvalue weighted by atomic mass is 35.5. The van der Waals surface area contributed by atoms with E-state index in [4.69, 9.17) is 28.3 Å². The molecule has 0 aliphatic carbocycles. The third-order valence-corrected chi connectivity index (χ3v) is 2.07. The molecule has 1 aromatic rings. The first-order valence-corrected chi connectivity index (χ1v) is 4.19. The summed E-state index contributed by atoms with van der Waals surface area (Å²) in [6, 6.07) is 0. The highest BCUT2D eigenvalue weighted by Gasteiger charge is 2.17. The second kappa shape index (κ2) is 4.34. The summed E-state index contributed by atoms with van der Waals surface area (Å²) in [5.74, 6) is -2.55. The second-order valence-electron chi connectivity index (χ2n) is 2.34. The molecule has 0 spiro atoms. The van der Waals surface area contributed by atoms with Gasteiger partial charge in [-0.25, -0.2) is 14.8 Å². The second-order valence-corrected chi connectivity index (χ2v) is 3.05. The van der Waals surface area contributed by atoms with E-state index in [0.717, 1.165) is 6.33 Å². The number of rotatable bonds is 3. The Morgan fingerprint density at radius 2 is 1.79 bits per heavy atom. The SMILES string of the molecule is O=C(O)C(=O)Cc1c(Cl)ncnc1Cl. The number of hydrogen-bond acceptors (Lipinski definition) is 4. The maximum atomic E-state index is 10.8. The lowest BCUT2D eigenvalue weighted by atomic mass is 10.2. The molecule has 0 atom stereocenters. The topological polar surface area (TPSA) is 80.1 Å². The fourth-order valence-electron chi connectivity index (χ4n) is 0.753. The van der Waals surface area contributed by atoms with Crippen LogP contribution in [0.4, 0.5) is 0 Å². The minimum atomic E-state index is -1.54. The van der Waals surface area contributed by atoms with Gasteiger partial charge in [0, 0.05) is 12.0 Å². The first kappa shape index (κ1) is 10.9. The molecule has 1 N–H and O–H groups in total. The Morgan fingerprint density at radius 3 is 2.21 bits per heavy atom. The summed E-state index contributed by atoms with van der Waals surface area (Å²) in [6.45, 7) is 0. The Morgan fingerprint density at radius 1 is 1.29 bits per heavy atom. The van der Waals surface area contributed by atoms with Gasteiger partial charge in [-0.1, -0.05) is 23.2 Å². The number of carbonyl (C=O) groups excluding carboxylic acids is 1. The average molecular weight is 235 g/mol. The number of aromatic nitrogens is 2. The lowest BCUT2D eigenvalue weighted by Gasteiger charge is -2.01. The van der Waals surface area contributed by atoms with Crippen LogP contribution in [-0.2, 0) is 16.0 Å². The molecule has 0 bridgehead atoms. The molecular formula is C7H4Cl2N2O3. The van der Waals surface area contributed by atoms with Crippen molar-refractivity contribution in [1.82, 2.24) is 9.97 Å². The van der Waals surface area contributed by atoms with E-state index in [1.54, 1.807) is 0 Å². The summed E-state index contributed by atoms with van der Waals surface area (Å²) < 4.78 is 0. The summed E-state index contributed by atoms with van der Waals surface area (Å²) in [5, 5.41) is 8.32. The maximum absolute atomic E-state index is 10.8. The van der Waals surface area contributed by atoms with Crippen LogP contribution >= 0.6 is 23.2 Å². The van der Waals surface area contributed by atoms with E-state index in [1.807, 2.05) is 0 Å². The first-order chi connectivity index (χ1) is 6.52. The zero-order valence-corrected chi connectivity index (χ0v) is 8.21. The molecule has 7 heteroatoms. The van der Waals surface area contributed by atoms with Gasteiger partial charge >= 0.3 is 5.97 Å². The van der Waals surface area contributed by atoms with Gasteiger partial charge in [0.05, 0.1) is 0 Å². The summed E-state index contributed by atoms with van der Waals surface area (Å²) >= 11 is 11.2. The number of carboxylic acid groups (broad SMARTS) is 1. The number of aliphatic carboxylic acids is 1. The van der Waals surface area contributed by atoms with E-state index in [2.05, 4.69) is 9.97 Å². The van der Waals surface area contributed by atoms with Crippen LogP contribution in [-0.4, -0.2) is 26.8 Å². The van der Waals surface area contributed by atoms with Gasteiger partial charge in [0.1, 0.15) is 16.6 Å². The molecule has 0 saturated heterocycles. The van der Waals surface area contributed by atoms with Crippen molar-refractivity contribution in [2.75, 3.05) is 0 Å². The Balaban J connectivity index is 2.97. The molecule has 14 heavy (non-hydrogen) atoms. The molecular weight excluding hydrogens is 231 g/mol. The van der Waals surface area contributed by atoms with Gasteiger partial charge < -0.3 is 5.11 Å². The predicted octanol–water partition coefficient (Wildman–Crippen LogP) is 0.980. The number of carbonyl (C=O) groups is 2. The summed E-state index contributed by atoms with van der Waals surface area (Å²) in [4.78, 5) is 28.2. The van der Waals surface area contributed by atoms with Crippen molar-refractivity contribution >= 4 is 35.0 Å². The van der Waals surface area contributed by atoms with Crippen LogP contribution in [0.25, 0.3) is 0 Å². The van der Waals surface area contributed by atoms with E-state index in [1.165, 1.54) is 0 Å². The molecule has 1 heterocycles. The highest BCUT2D eigenvalue weighted by molar-refractivity contribution is 6.37. The fraction of sp³-hybridized carbons (Fsp3) is 0.143. The third kappa shape index (κ3) is 2.40. The van der Waals surface area contributed by atoms with Gasteiger partial charge in [-0.3, -0.25) is 4.79 Å². The number of Topliss-reactive ketones (excluding diaryl/α,β-unsaturated/α-hetero) is 1. The highest BCUT2D eigenvalue weighted by Crippen LogP contribution is 2.20. The van der Waals surface area contributed by atoms with Crippen molar-refractivity contribution in [3.05, 3.63) is 22.2 Å². The van der Waals surface area contributed by atoms with Crippen molar-refractivity contribution < 1.29 is 14.7 Å². The minimum absolute atomic E-state index is 0.0143. The Kier molecular flexibility index (Phi) is 3.38. The Labute approximate surface area is 88.7 Å². The molecule has 0 aliphatic heterocycles. The predicted molar refractivity (Wildman–Crippen MR) is 48.4 cm³/mol. The van der Waals surface area contributed by atoms with Crippen molar-refractivity contribution in [2.24, 2.45) is 0 Å². The van der Waals surface area contributed by atoms with Crippen LogP contribution in [0.15, 0.2) is 6.33 Å². The van der Waals surface area contributed by atoms with E-state index < -0.39 is 18.2 Å². The molecule has 0 saturated carbocycles. The molecule has 0 fully saturated rings. The van der Waals surface area contributed by atoms with E-state index >= 15 is 0 Å². The van der Waals surface area contributed by atoms with Crippen molar-refractivity contribution in [3.63, 3.8) is 0 Å². The van der Waals surface area contributed by atoms with Gasteiger partial charge in [0.15, 0.2) is 0 Å². The minimum Gasteiger partial charge on any atom is -0.475 e. The molecule has 0 aromatic carbocycles. The zero-order valence-electron chi connectivity index (χ0n) is 6.70. The fourth-order valence-corrected chi connectivity index (χ4v) is 1.20. The van der Waals surface area contributed by atoms with Crippen LogP contribution < -0.4 is 0 Å². The van der Waals surface area contributed by atoms with Crippen LogP contribution in [0.5, 0.6) is 0 Å². The normalized spacial score (nSPS) is 9.86. The number of nitrogens with zero attached hydrogens (tertiary/aromatic N) is 2. The van der Waals surface area contributed by atoms with Crippen LogP contribution in [0.1, 0.15) is 5.56 Å². The monoisotopic (exact) mass is 234 g/mol. The first-order valence-electron chi connectivity index (χ1n) is 3.43. The van der Waals surface area contributed by atoms with Gasteiger partial charge in [0.25, 0.3) is 0 Å². The molecule has 0 unspecified atom stereocenters. The summed E-state index contributed by atoms with van der Waals surface area (Å²) in [7, 11) is 0. The van der Waals surface area contributed by atoms with Crippen LogP contribution in [0, 0.1) is 0 Å². The van der Waals surface area contributed by atoms with Crippen molar-refractivity contribution in [2.45, 2.75) is 6.42 Å². The quantitative estimate of drug-likeness (QED) is 0.623. The maximum Gasteiger partial charge on any atom is 0.372 e. The van der Waals surface area contributed by atoms with Gasteiger partial charge in [0.2, 0.25) is 5.78 Å². The number of carboxylic acids is 1. The standard InChI is InChI=1S/C7H4Cl2N2O3/c8-5-3(1-4(12)7(13)14)6(9)11-2-10-5/h2H,1H2,(H,13,14). The van der Waals surface area contributed by atoms with Crippen molar-refractivity contribution in [3.8, 4) is 0 Å². The van der Waals surface area contributed by atoms with Gasteiger partial charge in [-0.15, -0.1) is 0 Å². The molecule has 0 radical (unpaired) electrons. The average Bonchev–Trinajstić information content (AvgIpc) is 2.11. The van der Waals surface area contributed by atoms with Gasteiger partial charge in [-0.05, 0) is 0 Å². The molecule has 0 aliphatic rings. The van der Waals surface area contributed by atoms with Gasteiger partial charge in [-0.2, -0.15) is 0 Å².